The summed E-state index contributed by atoms with van der Waals surface area (Å²) >= 11 is 0. The number of amides is 2. The summed E-state index contributed by atoms with van der Waals surface area (Å²) in [6, 6.07) is 0. The standard InChI is InChI=1S/C17H31N3O2/c1-5-18-10-12-20(13-11-18)16(22)17(3,4)15(21)19-8-6-14(2)7-9-19/h14H,5-13H2,1-4H3. The van der Waals surface area contributed by atoms with E-state index in [1.54, 1.807) is 13.8 Å². The number of carbonyl (C=O) groups is 2. The zero-order chi connectivity index (χ0) is 16.3. The van der Waals surface area contributed by atoms with Crippen LogP contribution in [-0.4, -0.2) is 72.3 Å². The van der Waals surface area contributed by atoms with Crippen LogP contribution >= 0.6 is 0 Å². The van der Waals surface area contributed by atoms with E-state index in [1.165, 1.54) is 0 Å². The molecule has 0 spiro atoms. The van der Waals surface area contributed by atoms with Crippen LogP contribution in [-0.2, 0) is 9.59 Å². The van der Waals surface area contributed by atoms with Gasteiger partial charge in [0.05, 0.1) is 0 Å². The zero-order valence-electron chi connectivity index (χ0n) is 14.6. The normalized spacial score (nSPS) is 22.0. The van der Waals surface area contributed by atoms with E-state index < -0.39 is 5.41 Å². The van der Waals surface area contributed by atoms with Gasteiger partial charge >= 0.3 is 0 Å². The lowest BCUT2D eigenvalue weighted by Gasteiger charge is -2.40. The van der Waals surface area contributed by atoms with Crippen molar-refractivity contribution in [2.24, 2.45) is 11.3 Å². The number of likely N-dealkylation sites (tertiary alicyclic amines) is 1. The first-order valence-corrected chi connectivity index (χ1v) is 8.67. The molecule has 0 atom stereocenters. The lowest BCUT2D eigenvalue weighted by Crippen LogP contribution is -2.56. The molecule has 0 aromatic rings. The first kappa shape index (κ1) is 17.3. The Hall–Kier alpha value is -1.10. The average Bonchev–Trinajstić information content (AvgIpc) is 2.54. The Morgan fingerprint density at radius 2 is 1.36 bits per heavy atom. The Balaban J connectivity index is 1.96. The molecule has 0 N–H and O–H groups in total. The molecule has 2 heterocycles. The fraction of sp³-hybridized carbons (Fsp3) is 0.882. The molecule has 5 heteroatoms. The van der Waals surface area contributed by atoms with Crippen molar-refractivity contribution in [1.29, 1.82) is 0 Å². The Labute approximate surface area is 134 Å². The highest BCUT2D eigenvalue weighted by molar-refractivity contribution is 6.04. The summed E-state index contributed by atoms with van der Waals surface area (Å²) in [6.45, 7) is 13.9. The van der Waals surface area contributed by atoms with E-state index in [2.05, 4.69) is 18.7 Å². The van der Waals surface area contributed by atoms with Gasteiger partial charge in [0.1, 0.15) is 5.41 Å². The van der Waals surface area contributed by atoms with Gasteiger partial charge in [0.25, 0.3) is 0 Å². The first-order chi connectivity index (χ1) is 10.4. The monoisotopic (exact) mass is 309 g/mol. The average molecular weight is 309 g/mol. The largest absolute Gasteiger partial charge is 0.342 e. The summed E-state index contributed by atoms with van der Waals surface area (Å²) in [5, 5.41) is 0. The van der Waals surface area contributed by atoms with Gasteiger partial charge in [-0.05, 0) is 39.2 Å². The van der Waals surface area contributed by atoms with Crippen molar-refractivity contribution >= 4 is 11.8 Å². The Morgan fingerprint density at radius 3 is 1.82 bits per heavy atom. The first-order valence-electron chi connectivity index (χ1n) is 8.67. The molecule has 2 rings (SSSR count). The molecule has 2 fully saturated rings. The number of likely N-dealkylation sites (N-methyl/N-ethyl adjacent to an activating group) is 1. The number of piperazine rings is 1. The van der Waals surface area contributed by atoms with Crippen LogP contribution in [0.25, 0.3) is 0 Å². The lowest BCUT2D eigenvalue weighted by atomic mass is 9.87. The van der Waals surface area contributed by atoms with Crippen molar-refractivity contribution in [3.63, 3.8) is 0 Å². The smallest absolute Gasteiger partial charge is 0.237 e. The van der Waals surface area contributed by atoms with Gasteiger partial charge in [-0.25, -0.2) is 0 Å². The minimum absolute atomic E-state index is 0.00215. The molecule has 0 aromatic heterocycles. The van der Waals surface area contributed by atoms with Gasteiger partial charge < -0.3 is 14.7 Å². The summed E-state index contributed by atoms with van der Waals surface area (Å²) in [5.41, 5.74) is -0.936. The Bertz CT molecular complexity index is 406. The van der Waals surface area contributed by atoms with Gasteiger partial charge in [-0.3, -0.25) is 9.59 Å². The topological polar surface area (TPSA) is 43.9 Å². The maximum absolute atomic E-state index is 12.8. The van der Waals surface area contributed by atoms with E-state index in [0.717, 1.165) is 58.7 Å². The predicted molar refractivity (Wildman–Crippen MR) is 87.5 cm³/mol. The van der Waals surface area contributed by atoms with Crippen LogP contribution in [0.15, 0.2) is 0 Å². The van der Waals surface area contributed by atoms with Crippen molar-refractivity contribution in [3.05, 3.63) is 0 Å². The number of carbonyl (C=O) groups excluding carboxylic acids is 2. The molecule has 0 aromatic carbocycles. The van der Waals surface area contributed by atoms with E-state index in [1.807, 2.05) is 9.80 Å². The summed E-state index contributed by atoms with van der Waals surface area (Å²) in [7, 11) is 0. The number of hydrogen-bond acceptors (Lipinski definition) is 3. The maximum atomic E-state index is 12.8. The van der Waals surface area contributed by atoms with Crippen LogP contribution in [0.5, 0.6) is 0 Å². The van der Waals surface area contributed by atoms with Crippen molar-refractivity contribution < 1.29 is 9.59 Å². The van der Waals surface area contributed by atoms with E-state index in [0.29, 0.717) is 5.92 Å². The van der Waals surface area contributed by atoms with Crippen LogP contribution in [0.2, 0.25) is 0 Å². The summed E-state index contributed by atoms with van der Waals surface area (Å²) in [5.74, 6) is 0.680. The molecule has 0 radical (unpaired) electrons. The summed E-state index contributed by atoms with van der Waals surface area (Å²) in [6.07, 6.45) is 2.09. The van der Waals surface area contributed by atoms with Crippen molar-refractivity contribution in [2.75, 3.05) is 45.8 Å². The number of nitrogens with zero attached hydrogens (tertiary/aromatic N) is 3. The van der Waals surface area contributed by atoms with Crippen LogP contribution in [0, 0.1) is 11.3 Å². The molecular formula is C17H31N3O2. The van der Waals surface area contributed by atoms with Crippen LogP contribution in [0.1, 0.15) is 40.5 Å². The highest BCUT2D eigenvalue weighted by Gasteiger charge is 2.42. The molecule has 2 saturated heterocycles. The van der Waals surface area contributed by atoms with E-state index in [9.17, 15) is 9.59 Å². The van der Waals surface area contributed by atoms with E-state index in [4.69, 9.17) is 0 Å². The Kier molecular flexibility index (Phi) is 5.48. The predicted octanol–water partition coefficient (Wildman–Crippen LogP) is 1.44. The van der Waals surface area contributed by atoms with Crippen LogP contribution in [0.4, 0.5) is 0 Å². The van der Waals surface area contributed by atoms with Gasteiger partial charge in [-0.1, -0.05) is 13.8 Å². The molecule has 0 saturated carbocycles. The Morgan fingerprint density at radius 1 is 0.909 bits per heavy atom. The molecule has 2 amide bonds. The molecule has 2 aliphatic rings. The van der Waals surface area contributed by atoms with Crippen molar-refractivity contribution in [2.45, 2.75) is 40.5 Å². The molecular weight excluding hydrogens is 278 g/mol. The summed E-state index contributed by atoms with van der Waals surface area (Å²) < 4.78 is 0. The number of hydrogen-bond donors (Lipinski definition) is 0. The highest BCUT2D eigenvalue weighted by atomic mass is 16.2. The molecule has 5 nitrogen and oxygen atoms in total. The quantitative estimate of drug-likeness (QED) is 0.741. The second kappa shape index (κ2) is 6.99. The number of piperidine rings is 1. The van der Waals surface area contributed by atoms with Crippen LogP contribution in [0.3, 0.4) is 0 Å². The number of rotatable bonds is 3. The van der Waals surface area contributed by atoms with Gasteiger partial charge in [-0.2, -0.15) is 0 Å². The van der Waals surface area contributed by atoms with Gasteiger partial charge in [0.15, 0.2) is 0 Å². The van der Waals surface area contributed by atoms with Gasteiger partial charge in [0.2, 0.25) is 11.8 Å². The van der Waals surface area contributed by atoms with Gasteiger partial charge in [-0.15, -0.1) is 0 Å². The van der Waals surface area contributed by atoms with Crippen LogP contribution < -0.4 is 0 Å². The van der Waals surface area contributed by atoms with Gasteiger partial charge in [0, 0.05) is 39.3 Å². The minimum atomic E-state index is -0.936. The third kappa shape index (κ3) is 3.62. The molecule has 0 unspecified atom stereocenters. The molecule has 0 bridgehead atoms. The van der Waals surface area contributed by atoms with E-state index >= 15 is 0 Å². The third-order valence-electron chi connectivity index (χ3n) is 5.25. The second-order valence-electron chi connectivity index (χ2n) is 7.33. The van der Waals surface area contributed by atoms with Crippen molar-refractivity contribution in [1.82, 2.24) is 14.7 Å². The van der Waals surface area contributed by atoms with Crippen molar-refractivity contribution in [3.8, 4) is 0 Å². The fourth-order valence-corrected chi connectivity index (χ4v) is 3.36. The SMILES string of the molecule is CCN1CCN(C(=O)C(C)(C)C(=O)N2CCC(C)CC2)CC1. The highest BCUT2D eigenvalue weighted by Crippen LogP contribution is 2.26. The third-order valence-corrected chi connectivity index (χ3v) is 5.25. The van der Waals surface area contributed by atoms with E-state index in [-0.39, 0.29) is 11.8 Å². The lowest BCUT2D eigenvalue weighted by molar-refractivity contribution is -0.155. The molecule has 126 valence electrons. The second-order valence-corrected chi connectivity index (χ2v) is 7.33. The zero-order valence-corrected chi connectivity index (χ0v) is 14.6. The molecule has 22 heavy (non-hydrogen) atoms. The fourth-order valence-electron chi connectivity index (χ4n) is 3.36. The molecule has 2 aliphatic heterocycles. The molecule has 0 aliphatic carbocycles. The minimum Gasteiger partial charge on any atom is -0.342 e. The maximum Gasteiger partial charge on any atom is 0.237 e. The summed E-state index contributed by atoms with van der Waals surface area (Å²) in [4.78, 5) is 31.7.